The van der Waals surface area contributed by atoms with E-state index in [9.17, 15) is 0 Å². The molecule has 1 aromatic rings. The van der Waals surface area contributed by atoms with Crippen LogP contribution in [-0.4, -0.2) is 11.5 Å². The Bertz CT molecular complexity index is 228. The molecule has 1 rings (SSSR count). The van der Waals surface area contributed by atoms with Crippen LogP contribution in [0.5, 0.6) is 0 Å². The van der Waals surface area contributed by atoms with Gasteiger partial charge in [0.25, 0.3) is 0 Å². The molecule has 60 valence electrons. The number of nitrogens with zero attached hydrogens (tertiary/aromatic N) is 1. The Morgan fingerprint density at radius 2 is 2.27 bits per heavy atom. The molecule has 0 atom stereocenters. The minimum Gasteiger partial charge on any atom is -0.370 e. The van der Waals surface area contributed by atoms with E-state index >= 15 is 0 Å². The van der Waals surface area contributed by atoms with Gasteiger partial charge >= 0.3 is 0 Å². The largest absolute Gasteiger partial charge is 0.370 e. The van der Waals surface area contributed by atoms with Gasteiger partial charge in [-0.15, -0.1) is 0 Å². The summed E-state index contributed by atoms with van der Waals surface area (Å²) in [6.45, 7) is 5.01. The molecule has 0 unspecified atom stereocenters. The van der Waals surface area contributed by atoms with Crippen molar-refractivity contribution < 1.29 is 0 Å². The van der Waals surface area contributed by atoms with E-state index in [2.05, 4.69) is 33.2 Å². The molecule has 3 heteroatoms. The zero-order valence-electron chi connectivity index (χ0n) is 6.69. The van der Waals surface area contributed by atoms with Crippen molar-refractivity contribution in [2.75, 3.05) is 11.9 Å². The fourth-order valence-corrected chi connectivity index (χ4v) is 1.45. The summed E-state index contributed by atoms with van der Waals surface area (Å²) < 4.78 is 0.883. The average Bonchev–Trinajstić information content (AvgIpc) is 1.85. The third kappa shape index (κ3) is 2.50. The lowest BCUT2D eigenvalue weighted by atomic mass is 10.3. The fourth-order valence-electron chi connectivity index (χ4n) is 0.896. The molecule has 0 aliphatic carbocycles. The predicted molar refractivity (Wildman–Crippen MR) is 50.8 cm³/mol. The molecule has 1 N–H and O–H groups in total. The summed E-state index contributed by atoms with van der Waals surface area (Å²) in [4.78, 5) is 4.23. The van der Waals surface area contributed by atoms with Crippen LogP contribution in [0.4, 0.5) is 5.82 Å². The SMILES string of the molecule is CCNc1cc(C)cc(Br)n1. The Balaban J connectivity index is 2.89. The van der Waals surface area contributed by atoms with Gasteiger partial charge in [0.2, 0.25) is 0 Å². The molecule has 0 bridgehead atoms. The van der Waals surface area contributed by atoms with E-state index in [0.29, 0.717) is 0 Å². The van der Waals surface area contributed by atoms with Gasteiger partial charge in [0.1, 0.15) is 10.4 Å². The second kappa shape index (κ2) is 3.72. The van der Waals surface area contributed by atoms with Gasteiger partial charge in [-0.25, -0.2) is 4.98 Å². The molecule has 11 heavy (non-hydrogen) atoms. The van der Waals surface area contributed by atoms with Gasteiger partial charge < -0.3 is 5.32 Å². The van der Waals surface area contributed by atoms with E-state index in [0.717, 1.165) is 17.0 Å². The van der Waals surface area contributed by atoms with Crippen molar-refractivity contribution in [1.29, 1.82) is 0 Å². The number of aromatic nitrogens is 1. The number of rotatable bonds is 2. The molecular formula is C8H11BrN2. The van der Waals surface area contributed by atoms with Crippen molar-refractivity contribution in [2.24, 2.45) is 0 Å². The summed E-state index contributed by atoms with van der Waals surface area (Å²) in [6.07, 6.45) is 0. The van der Waals surface area contributed by atoms with Crippen LogP contribution in [0.3, 0.4) is 0 Å². The van der Waals surface area contributed by atoms with E-state index < -0.39 is 0 Å². The molecule has 0 saturated carbocycles. The van der Waals surface area contributed by atoms with Gasteiger partial charge in [0.05, 0.1) is 0 Å². The van der Waals surface area contributed by atoms with E-state index in [-0.39, 0.29) is 0 Å². The third-order valence-electron chi connectivity index (χ3n) is 1.30. The molecule has 0 saturated heterocycles. The van der Waals surface area contributed by atoms with Crippen LogP contribution in [0.1, 0.15) is 12.5 Å². The molecule has 0 aliphatic heterocycles. The maximum absolute atomic E-state index is 4.23. The van der Waals surface area contributed by atoms with Gasteiger partial charge in [-0.3, -0.25) is 0 Å². The molecule has 1 aromatic heterocycles. The first-order chi connectivity index (χ1) is 5.22. The van der Waals surface area contributed by atoms with Crippen LogP contribution in [0, 0.1) is 6.92 Å². The van der Waals surface area contributed by atoms with Crippen LogP contribution < -0.4 is 5.32 Å². The minimum absolute atomic E-state index is 0.883. The molecule has 2 nitrogen and oxygen atoms in total. The van der Waals surface area contributed by atoms with Crippen molar-refractivity contribution in [3.63, 3.8) is 0 Å². The first-order valence-corrected chi connectivity index (χ1v) is 4.39. The summed E-state index contributed by atoms with van der Waals surface area (Å²) in [5, 5.41) is 3.15. The maximum atomic E-state index is 4.23. The zero-order valence-corrected chi connectivity index (χ0v) is 8.27. The fraction of sp³-hybridized carbons (Fsp3) is 0.375. The van der Waals surface area contributed by atoms with Gasteiger partial charge in [-0.05, 0) is 47.5 Å². The number of halogens is 1. The highest BCUT2D eigenvalue weighted by Gasteiger charge is 1.94. The van der Waals surface area contributed by atoms with Crippen molar-refractivity contribution in [1.82, 2.24) is 4.98 Å². The number of nitrogens with one attached hydrogen (secondary N) is 1. The van der Waals surface area contributed by atoms with Gasteiger partial charge in [0.15, 0.2) is 0 Å². The highest BCUT2D eigenvalue weighted by atomic mass is 79.9. The second-order valence-corrected chi connectivity index (χ2v) is 3.20. The predicted octanol–water partition coefficient (Wildman–Crippen LogP) is 2.58. The Kier molecular flexibility index (Phi) is 2.88. The summed E-state index contributed by atoms with van der Waals surface area (Å²) in [7, 11) is 0. The Morgan fingerprint density at radius 1 is 1.55 bits per heavy atom. The van der Waals surface area contributed by atoms with Crippen LogP contribution in [-0.2, 0) is 0 Å². The smallest absolute Gasteiger partial charge is 0.127 e. The number of anilines is 1. The lowest BCUT2D eigenvalue weighted by Gasteiger charge is -2.03. The highest BCUT2D eigenvalue weighted by molar-refractivity contribution is 9.10. The molecule has 0 fully saturated rings. The normalized spacial score (nSPS) is 9.73. The standard InChI is InChI=1S/C8H11BrN2/c1-3-10-8-5-6(2)4-7(9)11-8/h4-5H,3H2,1-2H3,(H,10,11). The lowest BCUT2D eigenvalue weighted by molar-refractivity contribution is 1.14. The van der Waals surface area contributed by atoms with Crippen LogP contribution in [0.2, 0.25) is 0 Å². The molecule has 0 spiro atoms. The first-order valence-electron chi connectivity index (χ1n) is 3.60. The Labute approximate surface area is 75.2 Å². The summed E-state index contributed by atoms with van der Waals surface area (Å²) in [6, 6.07) is 4.01. The molecule has 0 radical (unpaired) electrons. The van der Waals surface area contributed by atoms with E-state index in [4.69, 9.17) is 0 Å². The topological polar surface area (TPSA) is 24.9 Å². The molecule has 0 aromatic carbocycles. The van der Waals surface area contributed by atoms with Crippen molar-refractivity contribution in [3.8, 4) is 0 Å². The monoisotopic (exact) mass is 214 g/mol. The van der Waals surface area contributed by atoms with Crippen LogP contribution in [0.15, 0.2) is 16.7 Å². The van der Waals surface area contributed by atoms with Crippen molar-refractivity contribution in [2.45, 2.75) is 13.8 Å². The number of pyridine rings is 1. The van der Waals surface area contributed by atoms with Gasteiger partial charge in [0, 0.05) is 6.54 Å². The second-order valence-electron chi connectivity index (χ2n) is 2.38. The number of hydrogen-bond donors (Lipinski definition) is 1. The van der Waals surface area contributed by atoms with Crippen LogP contribution in [0.25, 0.3) is 0 Å². The highest BCUT2D eigenvalue weighted by Crippen LogP contribution is 2.13. The third-order valence-corrected chi connectivity index (χ3v) is 1.70. The summed E-state index contributed by atoms with van der Waals surface area (Å²) in [5.74, 6) is 0.930. The quantitative estimate of drug-likeness (QED) is 0.767. The number of aryl methyl sites for hydroxylation is 1. The van der Waals surface area contributed by atoms with Crippen molar-refractivity contribution in [3.05, 3.63) is 22.3 Å². The maximum Gasteiger partial charge on any atom is 0.127 e. The van der Waals surface area contributed by atoms with E-state index in [1.165, 1.54) is 5.56 Å². The van der Waals surface area contributed by atoms with E-state index in [1.807, 2.05) is 19.1 Å². The van der Waals surface area contributed by atoms with Gasteiger partial charge in [-0.1, -0.05) is 0 Å². The van der Waals surface area contributed by atoms with Crippen LogP contribution >= 0.6 is 15.9 Å². The Morgan fingerprint density at radius 3 is 2.82 bits per heavy atom. The minimum atomic E-state index is 0.883. The van der Waals surface area contributed by atoms with Gasteiger partial charge in [-0.2, -0.15) is 0 Å². The summed E-state index contributed by atoms with van der Waals surface area (Å²) in [5.41, 5.74) is 1.21. The van der Waals surface area contributed by atoms with Crippen molar-refractivity contribution >= 4 is 21.7 Å². The Hall–Kier alpha value is -0.570. The van der Waals surface area contributed by atoms with E-state index in [1.54, 1.807) is 0 Å². The molecule has 1 heterocycles. The summed E-state index contributed by atoms with van der Waals surface area (Å²) >= 11 is 3.33. The molecule has 0 aliphatic rings. The number of hydrogen-bond acceptors (Lipinski definition) is 2. The average molecular weight is 215 g/mol. The lowest BCUT2D eigenvalue weighted by Crippen LogP contribution is -1.99. The zero-order chi connectivity index (χ0) is 8.27. The molecular weight excluding hydrogens is 204 g/mol. The first kappa shape index (κ1) is 8.53. The molecule has 0 amide bonds.